The zero-order valence-corrected chi connectivity index (χ0v) is 28.5. The average Bonchev–Trinajstić information content (AvgIpc) is 3.42. The van der Waals surface area contributed by atoms with E-state index in [0.29, 0.717) is 67.6 Å². The Bertz CT molecular complexity index is 1680. The van der Waals surface area contributed by atoms with Gasteiger partial charge in [0.1, 0.15) is 11.6 Å². The highest BCUT2D eigenvalue weighted by Gasteiger charge is 2.31. The molecule has 0 aliphatic carbocycles. The molecule has 1 atom stereocenters. The third kappa shape index (κ3) is 14.6. The number of carbonyl (C=O) groups is 6. The summed E-state index contributed by atoms with van der Waals surface area (Å²) < 4.78 is 7.45. The maximum Gasteiger partial charge on any atom is 0.328 e. The number of aliphatic carboxylic acids is 4. The first-order chi connectivity index (χ1) is 24.1. The van der Waals surface area contributed by atoms with Crippen molar-refractivity contribution in [2.75, 3.05) is 33.3 Å². The average molecular weight is 710 g/mol. The number of primary amides is 1. The van der Waals surface area contributed by atoms with E-state index in [-0.39, 0.29) is 17.7 Å². The van der Waals surface area contributed by atoms with Crippen LogP contribution in [-0.4, -0.2) is 115 Å². The summed E-state index contributed by atoms with van der Waals surface area (Å²) >= 11 is 0. The molecule has 274 valence electrons. The lowest BCUT2D eigenvalue weighted by atomic mass is 9.99. The number of carbonyl (C=O) groups excluding carboxylic acids is 2. The number of nitrogens with zero attached hydrogens (tertiary/aromatic N) is 4. The van der Waals surface area contributed by atoms with Gasteiger partial charge in [-0.3, -0.25) is 19.4 Å². The molecule has 0 saturated carbocycles. The first-order valence-electron chi connectivity index (χ1n) is 15.7. The highest BCUT2D eigenvalue weighted by atomic mass is 16.5. The van der Waals surface area contributed by atoms with E-state index < -0.39 is 23.9 Å². The molecule has 2 aromatic carbocycles. The second-order valence-corrected chi connectivity index (χ2v) is 11.6. The van der Waals surface area contributed by atoms with Crippen LogP contribution in [0.25, 0.3) is 11.0 Å². The number of nitrogens with two attached hydrogens (primary N) is 1. The Hall–Kier alpha value is -5.87. The van der Waals surface area contributed by atoms with Gasteiger partial charge in [0.15, 0.2) is 5.78 Å². The number of amides is 1. The van der Waals surface area contributed by atoms with Crippen LogP contribution in [0.2, 0.25) is 0 Å². The summed E-state index contributed by atoms with van der Waals surface area (Å²) in [5.41, 5.74) is 8.06. The first-order valence-corrected chi connectivity index (χ1v) is 15.7. The third-order valence-electron chi connectivity index (χ3n) is 7.54. The fourth-order valence-corrected chi connectivity index (χ4v) is 5.22. The molecule has 1 fully saturated rings. The van der Waals surface area contributed by atoms with Crippen molar-refractivity contribution in [1.82, 2.24) is 19.4 Å². The van der Waals surface area contributed by atoms with Crippen LogP contribution >= 0.6 is 0 Å². The maximum absolute atomic E-state index is 13.0. The molecule has 3 aromatic rings. The van der Waals surface area contributed by atoms with Gasteiger partial charge < -0.3 is 35.5 Å². The molecule has 1 aromatic heterocycles. The Morgan fingerprint density at radius 3 is 2.00 bits per heavy atom. The molecule has 0 radical (unpaired) electrons. The zero-order valence-electron chi connectivity index (χ0n) is 28.5. The summed E-state index contributed by atoms with van der Waals surface area (Å²) in [6.07, 6.45) is 2.61. The molecule has 1 aliphatic rings. The lowest BCUT2D eigenvalue weighted by Crippen LogP contribution is -2.56. The molecule has 16 nitrogen and oxygen atoms in total. The quantitative estimate of drug-likeness (QED) is 0.119. The molecule has 2 heterocycles. The van der Waals surface area contributed by atoms with Gasteiger partial charge in [0.2, 0.25) is 5.91 Å². The number of carboxylic acids is 4. The summed E-state index contributed by atoms with van der Waals surface area (Å²) in [5.74, 6) is -3.19. The maximum atomic E-state index is 13.0. The van der Waals surface area contributed by atoms with Crippen molar-refractivity contribution in [3.05, 3.63) is 84.2 Å². The predicted molar refractivity (Wildman–Crippen MR) is 185 cm³/mol. The van der Waals surface area contributed by atoms with E-state index in [1.54, 1.807) is 13.2 Å². The van der Waals surface area contributed by atoms with Gasteiger partial charge in [-0.2, -0.15) is 0 Å². The van der Waals surface area contributed by atoms with E-state index in [1.165, 1.54) is 0 Å². The number of ketones is 1. The molecule has 1 unspecified atom stereocenters. The fraction of sp³-hybridized carbons (Fsp3) is 0.343. The van der Waals surface area contributed by atoms with E-state index in [1.807, 2.05) is 36.4 Å². The van der Waals surface area contributed by atoms with Gasteiger partial charge in [0.05, 0.1) is 31.2 Å². The minimum absolute atomic E-state index is 0.0766. The van der Waals surface area contributed by atoms with E-state index in [4.69, 9.17) is 35.9 Å². The SMILES string of the molecule is COc1cccc(C(=O)CCn2c(CN3CCN(CC(N)=O)CC3C(C)C)nc3ccccc32)c1.O=C(O)/C=C/C(=O)O.O=C(O)/C=C/C(=O)O. The zero-order chi connectivity index (χ0) is 38.1. The van der Waals surface area contributed by atoms with Gasteiger partial charge in [0.25, 0.3) is 0 Å². The van der Waals surface area contributed by atoms with Crippen molar-refractivity contribution in [3.8, 4) is 5.75 Å². The van der Waals surface area contributed by atoms with Gasteiger partial charge in [-0.25, -0.2) is 24.2 Å². The van der Waals surface area contributed by atoms with Gasteiger partial charge in [-0.05, 0) is 30.2 Å². The minimum Gasteiger partial charge on any atom is -0.497 e. The summed E-state index contributed by atoms with van der Waals surface area (Å²) in [7, 11) is 1.60. The van der Waals surface area contributed by atoms with Gasteiger partial charge >= 0.3 is 23.9 Å². The number of methoxy groups -OCH3 is 1. The van der Waals surface area contributed by atoms with Crippen molar-refractivity contribution >= 4 is 46.6 Å². The second kappa shape index (κ2) is 20.6. The number of aryl methyl sites for hydroxylation is 1. The molecule has 4 rings (SSSR count). The van der Waals surface area contributed by atoms with E-state index >= 15 is 0 Å². The van der Waals surface area contributed by atoms with Crippen LogP contribution in [0, 0.1) is 5.92 Å². The van der Waals surface area contributed by atoms with Crippen molar-refractivity contribution in [3.63, 3.8) is 0 Å². The summed E-state index contributed by atoms with van der Waals surface area (Å²) in [4.78, 5) is 72.2. The van der Waals surface area contributed by atoms with Crippen molar-refractivity contribution < 1.29 is 53.9 Å². The number of benzene rings is 2. The lowest BCUT2D eigenvalue weighted by molar-refractivity contribution is -0.134. The monoisotopic (exact) mass is 709 g/mol. The van der Waals surface area contributed by atoms with E-state index in [0.717, 1.165) is 36.5 Å². The number of aromatic nitrogens is 2. The topological polar surface area (TPSA) is 243 Å². The molecule has 51 heavy (non-hydrogen) atoms. The number of rotatable bonds is 14. The van der Waals surface area contributed by atoms with Crippen LogP contribution in [0.4, 0.5) is 0 Å². The number of para-hydroxylation sites is 2. The summed E-state index contributed by atoms with van der Waals surface area (Å²) in [6, 6.07) is 15.7. The number of hydrogen-bond acceptors (Lipinski definition) is 10. The Kier molecular flexibility index (Phi) is 16.7. The predicted octanol–water partition coefficient (Wildman–Crippen LogP) is 2.37. The molecule has 0 spiro atoms. The van der Waals surface area contributed by atoms with Gasteiger partial charge in [0, 0.05) is 68.5 Å². The third-order valence-corrected chi connectivity index (χ3v) is 7.54. The van der Waals surface area contributed by atoms with Gasteiger partial charge in [-0.1, -0.05) is 38.1 Å². The molecule has 16 heteroatoms. The normalized spacial score (nSPS) is 14.8. The van der Waals surface area contributed by atoms with Crippen LogP contribution in [0.1, 0.15) is 36.5 Å². The molecular weight excluding hydrogens is 666 g/mol. The van der Waals surface area contributed by atoms with Crippen LogP contribution in [0.5, 0.6) is 5.75 Å². The molecule has 0 bridgehead atoms. The number of imidazole rings is 1. The van der Waals surface area contributed by atoms with Crippen LogP contribution in [0.3, 0.4) is 0 Å². The van der Waals surface area contributed by atoms with Crippen LogP contribution in [0.15, 0.2) is 72.8 Å². The Balaban J connectivity index is 0.000000468. The Labute approximate surface area is 294 Å². The second-order valence-electron chi connectivity index (χ2n) is 11.6. The van der Waals surface area contributed by atoms with Crippen molar-refractivity contribution in [1.29, 1.82) is 0 Å². The number of fused-ring (bicyclic) bond motifs is 1. The highest BCUT2D eigenvalue weighted by molar-refractivity contribution is 5.96. The van der Waals surface area contributed by atoms with E-state index in [2.05, 4.69) is 34.3 Å². The van der Waals surface area contributed by atoms with Crippen molar-refractivity contribution in [2.24, 2.45) is 11.7 Å². The molecule has 1 amide bonds. The highest BCUT2D eigenvalue weighted by Crippen LogP contribution is 2.23. The van der Waals surface area contributed by atoms with Crippen LogP contribution in [-0.2, 0) is 37.1 Å². The molecule has 1 saturated heterocycles. The summed E-state index contributed by atoms with van der Waals surface area (Å²) in [6.45, 7) is 8.39. The number of piperazine rings is 1. The number of Topliss-reactive ketones (excluding diaryl/α,β-unsaturated/α-hetero) is 1. The minimum atomic E-state index is -1.26. The first kappa shape index (κ1) is 41.3. The van der Waals surface area contributed by atoms with Crippen LogP contribution < -0.4 is 10.5 Å². The Morgan fingerprint density at radius 2 is 1.47 bits per heavy atom. The fourth-order valence-electron chi connectivity index (χ4n) is 5.22. The molecule has 1 aliphatic heterocycles. The number of carboxylic acid groups (broad SMARTS) is 4. The smallest absolute Gasteiger partial charge is 0.328 e. The molecular formula is C35H43N5O11. The largest absolute Gasteiger partial charge is 0.497 e. The van der Waals surface area contributed by atoms with Crippen molar-refractivity contribution in [2.45, 2.75) is 39.4 Å². The van der Waals surface area contributed by atoms with Gasteiger partial charge in [-0.15, -0.1) is 0 Å². The molecule has 6 N–H and O–H groups in total. The summed E-state index contributed by atoms with van der Waals surface area (Å²) in [5, 5.41) is 31.2. The number of hydrogen-bond donors (Lipinski definition) is 5. The number of ether oxygens (including phenoxy) is 1. The lowest BCUT2D eigenvalue weighted by Gasteiger charge is -2.43. The Morgan fingerprint density at radius 1 is 0.882 bits per heavy atom. The standard InChI is InChI=1S/C27H35N5O3.2C4H4O4/c1-19(2)24-16-30(17-26(28)34)13-14-31(24)18-27-29-22-9-4-5-10-23(22)32(27)12-11-25(33)20-7-6-8-21(15-20)35-3;2*5-3(6)1-2-4(7)8/h4-10,15,19,24H,11-14,16-18H2,1-3H3,(H2,28,34);2*1-2H,(H,5,6)(H,7,8)/b;2*2-1+. The van der Waals surface area contributed by atoms with E-state index in [9.17, 15) is 28.8 Å².